The topological polar surface area (TPSA) is 52.7 Å². The van der Waals surface area contributed by atoms with Gasteiger partial charge in [0.1, 0.15) is 0 Å². The third-order valence-electron chi connectivity index (χ3n) is 4.95. The first kappa shape index (κ1) is 21.1. The Labute approximate surface area is 177 Å². The Bertz CT molecular complexity index is 988. The second kappa shape index (κ2) is 9.74. The molecule has 5 nitrogen and oxygen atoms in total. The van der Waals surface area contributed by atoms with Crippen LogP contribution in [0.4, 0.5) is 11.4 Å². The van der Waals surface area contributed by atoms with Crippen molar-refractivity contribution in [3.63, 3.8) is 0 Å². The zero-order chi connectivity index (χ0) is 21.5. The van der Waals surface area contributed by atoms with Crippen molar-refractivity contribution >= 4 is 23.2 Å². The number of hydrogen-bond donors (Lipinski definition) is 1. The van der Waals surface area contributed by atoms with Crippen LogP contribution >= 0.6 is 0 Å². The fraction of sp³-hybridized carbons (Fsp3) is 0.200. The number of amides is 2. The Morgan fingerprint density at radius 1 is 0.867 bits per heavy atom. The summed E-state index contributed by atoms with van der Waals surface area (Å²) in [4.78, 5) is 28.7. The average Bonchev–Trinajstić information content (AvgIpc) is 2.77. The first-order chi connectivity index (χ1) is 14.5. The van der Waals surface area contributed by atoms with Crippen molar-refractivity contribution in [1.29, 1.82) is 0 Å². The summed E-state index contributed by atoms with van der Waals surface area (Å²) < 4.78 is 0. The van der Waals surface area contributed by atoms with Crippen LogP contribution in [0.2, 0.25) is 0 Å². The number of carbonyl (C=O) groups excluding carboxylic acids is 2. The fourth-order valence-electron chi connectivity index (χ4n) is 3.33. The number of rotatable bonds is 7. The summed E-state index contributed by atoms with van der Waals surface area (Å²) in [6.45, 7) is 2.28. The van der Waals surface area contributed by atoms with Crippen molar-refractivity contribution in [3.8, 4) is 0 Å². The molecule has 0 spiro atoms. The molecular formula is C25H27N3O2. The van der Waals surface area contributed by atoms with E-state index < -0.39 is 0 Å². The maximum Gasteiger partial charge on any atom is 0.253 e. The molecule has 0 aliphatic heterocycles. The van der Waals surface area contributed by atoms with Crippen LogP contribution in [0.1, 0.15) is 28.9 Å². The highest BCUT2D eigenvalue weighted by atomic mass is 16.2. The summed E-state index contributed by atoms with van der Waals surface area (Å²) >= 11 is 0. The summed E-state index contributed by atoms with van der Waals surface area (Å²) in [6, 6.07) is 27.0. The summed E-state index contributed by atoms with van der Waals surface area (Å²) in [7, 11) is 3.41. The minimum atomic E-state index is -0.143. The maximum atomic E-state index is 12.9. The lowest BCUT2D eigenvalue weighted by molar-refractivity contribution is -0.115. The van der Waals surface area contributed by atoms with E-state index in [0.717, 1.165) is 11.3 Å². The molecule has 0 unspecified atom stereocenters. The highest BCUT2D eigenvalue weighted by Gasteiger charge is 2.19. The number of nitrogens with one attached hydrogen (secondary N) is 1. The van der Waals surface area contributed by atoms with Gasteiger partial charge in [0.2, 0.25) is 5.91 Å². The number of nitrogens with zero attached hydrogens (tertiary/aromatic N) is 2. The number of carbonyl (C=O) groups is 2. The minimum Gasteiger partial charge on any atom is -0.355 e. The molecule has 3 rings (SSSR count). The Kier molecular flexibility index (Phi) is 6.86. The second-order valence-electron chi connectivity index (χ2n) is 7.38. The van der Waals surface area contributed by atoms with Crippen LogP contribution in [-0.4, -0.2) is 37.4 Å². The molecule has 30 heavy (non-hydrogen) atoms. The Morgan fingerprint density at radius 2 is 1.50 bits per heavy atom. The lowest BCUT2D eigenvalue weighted by Gasteiger charge is -2.31. The van der Waals surface area contributed by atoms with Crippen molar-refractivity contribution in [2.45, 2.75) is 13.0 Å². The third-order valence-corrected chi connectivity index (χ3v) is 4.95. The van der Waals surface area contributed by atoms with Crippen LogP contribution in [0.15, 0.2) is 84.9 Å². The van der Waals surface area contributed by atoms with E-state index >= 15 is 0 Å². The summed E-state index contributed by atoms with van der Waals surface area (Å²) in [5.74, 6) is -0.245. The summed E-state index contributed by atoms with van der Waals surface area (Å²) in [5, 5.41) is 2.93. The Balaban J connectivity index is 1.79. The van der Waals surface area contributed by atoms with Gasteiger partial charge in [0, 0.05) is 31.0 Å². The Morgan fingerprint density at radius 3 is 2.13 bits per heavy atom. The second-order valence-corrected chi connectivity index (χ2v) is 7.38. The predicted octanol–water partition coefficient (Wildman–Crippen LogP) is 4.59. The van der Waals surface area contributed by atoms with Crippen molar-refractivity contribution in [2.75, 3.05) is 30.9 Å². The number of hydrogen-bond acceptors (Lipinski definition) is 3. The maximum absolute atomic E-state index is 12.9. The van der Waals surface area contributed by atoms with E-state index in [4.69, 9.17) is 0 Å². The van der Waals surface area contributed by atoms with Gasteiger partial charge in [-0.25, -0.2) is 0 Å². The number of anilines is 2. The van der Waals surface area contributed by atoms with Crippen LogP contribution in [-0.2, 0) is 4.79 Å². The van der Waals surface area contributed by atoms with Gasteiger partial charge in [-0.2, -0.15) is 0 Å². The number of para-hydroxylation sites is 1. The monoisotopic (exact) mass is 401 g/mol. The molecule has 2 amide bonds. The lowest BCUT2D eigenvalue weighted by Crippen LogP contribution is -2.35. The molecule has 0 heterocycles. The molecule has 0 bridgehead atoms. The van der Waals surface area contributed by atoms with Crippen LogP contribution in [0.3, 0.4) is 0 Å². The van der Waals surface area contributed by atoms with Crippen molar-refractivity contribution in [1.82, 2.24) is 4.90 Å². The smallest absolute Gasteiger partial charge is 0.253 e. The quantitative estimate of drug-likeness (QED) is 0.630. The van der Waals surface area contributed by atoms with Crippen LogP contribution in [0, 0.1) is 0 Å². The van der Waals surface area contributed by atoms with Crippen LogP contribution < -0.4 is 10.2 Å². The van der Waals surface area contributed by atoms with Crippen LogP contribution in [0.25, 0.3) is 0 Å². The van der Waals surface area contributed by atoms with Crippen molar-refractivity contribution < 1.29 is 9.59 Å². The van der Waals surface area contributed by atoms with Gasteiger partial charge in [-0.05, 0) is 42.8 Å². The van der Waals surface area contributed by atoms with Crippen molar-refractivity contribution in [3.05, 3.63) is 96.1 Å². The van der Waals surface area contributed by atoms with E-state index in [1.165, 1.54) is 4.90 Å². The first-order valence-corrected chi connectivity index (χ1v) is 9.94. The summed E-state index contributed by atoms with van der Waals surface area (Å²) in [6.07, 6.45) is 0. The van der Waals surface area contributed by atoms with E-state index in [1.807, 2.05) is 48.5 Å². The fourth-order valence-corrected chi connectivity index (χ4v) is 3.33. The molecule has 0 radical (unpaired) electrons. The van der Waals surface area contributed by atoms with E-state index in [1.54, 1.807) is 38.4 Å². The zero-order valence-electron chi connectivity index (χ0n) is 17.6. The van der Waals surface area contributed by atoms with E-state index in [0.29, 0.717) is 11.3 Å². The highest BCUT2D eigenvalue weighted by molar-refractivity contribution is 5.98. The molecular weight excluding hydrogens is 374 g/mol. The molecule has 154 valence electrons. The molecule has 0 aliphatic carbocycles. The molecule has 5 heteroatoms. The standard InChI is InChI=1S/C25H27N3O2/c1-19(20-11-6-4-7-12-20)28(23-15-8-5-9-16-23)18-24(29)26-22-14-10-13-21(17-22)25(30)27(2)3/h4-17,19H,18H2,1-3H3,(H,26,29)/t19-/m0/s1. The lowest BCUT2D eigenvalue weighted by atomic mass is 10.1. The Hall–Kier alpha value is -3.60. The van der Waals surface area contributed by atoms with Crippen molar-refractivity contribution in [2.24, 2.45) is 0 Å². The molecule has 3 aromatic carbocycles. The van der Waals surface area contributed by atoms with E-state index in [-0.39, 0.29) is 24.4 Å². The van der Waals surface area contributed by atoms with Gasteiger partial charge < -0.3 is 15.1 Å². The zero-order valence-corrected chi connectivity index (χ0v) is 17.6. The van der Waals surface area contributed by atoms with Gasteiger partial charge in [-0.15, -0.1) is 0 Å². The van der Waals surface area contributed by atoms with Crippen LogP contribution in [0.5, 0.6) is 0 Å². The van der Waals surface area contributed by atoms with Gasteiger partial charge in [0.05, 0.1) is 12.6 Å². The summed E-state index contributed by atoms with van der Waals surface area (Å²) in [5.41, 5.74) is 3.25. The molecule has 0 aromatic heterocycles. The van der Waals surface area contributed by atoms with E-state index in [2.05, 4.69) is 29.3 Å². The molecule has 0 aliphatic rings. The van der Waals surface area contributed by atoms with E-state index in [9.17, 15) is 9.59 Å². The molecule has 1 atom stereocenters. The first-order valence-electron chi connectivity index (χ1n) is 9.94. The normalized spacial score (nSPS) is 11.4. The minimum absolute atomic E-state index is 0.0148. The molecule has 0 saturated carbocycles. The SMILES string of the molecule is C[C@@H](c1ccccc1)N(CC(=O)Nc1cccc(C(=O)N(C)C)c1)c1ccccc1. The van der Waals surface area contributed by atoms with Gasteiger partial charge in [-0.3, -0.25) is 9.59 Å². The van der Waals surface area contributed by atoms with Gasteiger partial charge in [0.25, 0.3) is 5.91 Å². The molecule has 1 N–H and O–H groups in total. The predicted molar refractivity (Wildman–Crippen MR) is 122 cm³/mol. The van der Waals surface area contributed by atoms with Gasteiger partial charge in [0.15, 0.2) is 0 Å². The molecule has 0 saturated heterocycles. The molecule has 3 aromatic rings. The van der Waals surface area contributed by atoms with Gasteiger partial charge >= 0.3 is 0 Å². The average molecular weight is 402 g/mol. The third kappa shape index (κ3) is 5.26. The largest absolute Gasteiger partial charge is 0.355 e. The number of benzene rings is 3. The highest BCUT2D eigenvalue weighted by Crippen LogP contribution is 2.26. The van der Waals surface area contributed by atoms with Gasteiger partial charge in [-0.1, -0.05) is 54.6 Å². The molecule has 0 fully saturated rings.